The topological polar surface area (TPSA) is 76.3 Å². The number of nitriles is 3. The van der Waals surface area contributed by atoms with E-state index < -0.39 is 8.07 Å². The minimum atomic E-state index is -2.97. The van der Waals surface area contributed by atoms with Crippen molar-refractivity contribution in [2.75, 3.05) is 0 Å². The van der Waals surface area contributed by atoms with Gasteiger partial charge in [-0.05, 0) is 80.4 Å². The average molecular weight is 653 g/mol. The Kier molecular flexibility index (Phi) is 7.63. The zero-order valence-corrected chi connectivity index (χ0v) is 28.0. The number of nitrogens with zero attached hydrogens (tertiary/aromatic N) is 4. The Bertz CT molecular complexity index is 2510. The molecule has 50 heavy (non-hydrogen) atoms. The van der Waals surface area contributed by atoms with Crippen molar-refractivity contribution in [1.29, 1.82) is 15.8 Å². The molecule has 8 aromatic rings. The summed E-state index contributed by atoms with van der Waals surface area (Å²) in [6.45, 7) is 0. The van der Waals surface area contributed by atoms with Crippen molar-refractivity contribution in [2.45, 2.75) is 0 Å². The van der Waals surface area contributed by atoms with Crippen LogP contribution in [0.2, 0.25) is 0 Å². The molecule has 232 valence electrons. The lowest BCUT2D eigenvalue weighted by atomic mass is 9.99. The van der Waals surface area contributed by atoms with Gasteiger partial charge >= 0.3 is 0 Å². The average Bonchev–Trinajstić information content (AvgIpc) is 3.52. The number of aromatic nitrogens is 1. The minimum Gasteiger partial charge on any atom is -0.309 e. The van der Waals surface area contributed by atoms with Gasteiger partial charge in [0, 0.05) is 16.5 Å². The fourth-order valence-corrected chi connectivity index (χ4v) is 12.4. The summed E-state index contributed by atoms with van der Waals surface area (Å²) < 4.78 is 2.17. The van der Waals surface area contributed by atoms with Crippen LogP contribution in [0.4, 0.5) is 0 Å². The molecule has 0 saturated carbocycles. The van der Waals surface area contributed by atoms with E-state index in [0.717, 1.165) is 43.8 Å². The predicted molar refractivity (Wildman–Crippen MR) is 204 cm³/mol. The molecular formula is C45H28N4Si. The summed E-state index contributed by atoms with van der Waals surface area (Å²) in [4.78, 5) is 0. The first kappa shape index (κ1) is 30.4. The summed E-state index contributed by atoms with van der Waals surface area (Å²) >= 11 is 0. The third-order valence-electron chi connectivity index (χ3n) is 9.64. The Hall–Kier alpha value is -6.97. The summed E-state index contributed by atoms with van der Waals surface area (Å²) in [5, 5.41) is 36.9. The highest BCUT2D eigenvalue weighted by atomic mass is 28.3. The molecule has 5 heteroatoms. The Morgan fingerprint density at radius 1 is 0.440 bits per heavy atom. The van der Waals surface area contributed by atoms with Gasteiger partial charge in [-0.15, -0.1) is 0 Å². The van der Waals surface area contributed by atoms with Gasteiger partial charge < -0.3 is 4.57 Å². The first-order valence-electron chi connectivity index (χ1n) is 16.4. The van der Waals surface area contributed by atoms with Crippen LogP contribution in [-0.4, -0.2) is 12.6 Å². The van der Waals surface area contributed by atoms with Crippen LogP contribution in [0.3, 0.4) is 0 Å². The zero-order chi connectivity index (χ0) is 34.1. The molecule has 0 bridgehead atoms. The van der Waals surface area contributed by atoms with Crippen LogP contribution in [0.5, 0.6) is 0 Å². The lowest BCUT2D eigenvalue weighted by molar-refractivity contribution is 1.18. The van der Waals surface area contributed by atoms with Crippen molar-refractivity contribution in [3.8, 4) is 35.0 Å². The van der Waals surface area contributed by atoms with Crippen molar-refractivity contribution in [3.05, 3.63) is 187 Å². The van der Waals surface area contributed by atoms with Crippen LogP contribution in [-0.2, 0) is 0 Å². The van der Waals surface area contributed by atoms with Crippen molar-refractivity contribution in [3.63, 3.8) is 0 Å². The van der Waals surface area contributed by atoms with E-state index in [1.807, 2.05) is 66.7 Å². The molecule has 0 aliphatic rings. The van der Waals surface area contributed by atoms with E-state index in [2.05, 4.69) is 126 Å². The first-order chi connectivity index (χ1) is 24.7. The van der Waals surface area contributed by atoms with Crippen molar-refractivity contribution >= 4 is 50.6 Å². The van der Waals surface area contributed by atoms with Crippen LogP contribution in [0.15, 0.2) is 170 Å². The maximum atomic E-state index is 11.1. The number of fused-ring (bicyclic) bond motifs is 3. The van der Waals surface area contributed by atoms with Crippen LogP contribution in [0.25, 0.3) is 38.6 Å². The van der Waals surface area contributed by atoms with Crippen molar-refractivity contribution < 1.29 is 0 Å². The molecule has 0 aliphatic heterocycles. The van der Waals surface area contributed by atoms with E-state index in [0.29, 0.717) is 16.7 Å². The van der Waals surface area contributed by atoms with Gasteiger partial charge in [0.05, 0.1) is 45.9 Å². The quantitative estimate of drug-likeness (QED) is 0.138. The van der Waals surface area contributed by atoms with E-state index in [4.69, 9.17) is 0 Å². The molecule has 0 fully saturated rings. The summed E-state index contributed by atoms with van der Waals surface area (Å²) in [6, 6.07) is 65.0. The standard InChI is InChI=1S/C45H28N4Si/c46-29-32-22-24-43-40(26-32)41-27-33(30-47)23-25-44(41)49(43)35-13-10-12-34(28-35)39-20-11-21-45(42(39)31-48)50(36-14-4-1-5-15-36,37-16-6-2-7-17-37)38-18-8-3-9-19-38/h1-28H. The van der Waals surface area contributed by atoms with E-state index in [-0.39, 0.29) is 0 Å². The van der Waals surface area contributed by atoms with Crippen molar-refractivity contribution in [1.82, 2.24) is 4.57 Å². The third-order valence-corrected chi connectivity index (χ3v) is 14.5. The normalized spacial score (nSPS) is 11.1. The number of hydrogen-bond acceptors (Lipinski definition) is 3. The van der Waals surface area contributed by atoms with Gasteiger partial charge in [-0.2, -0.15) is 15.8 Å². The highest BCUT2D eigenvalue weighted by molar-refractivity contribution is 7.20. The molecule has 0 radical (unpaired) electrons. The molecule has 0 spiro atoms. The number of hydrogen-bond donors (Lipinski definition) is 0. The molecule has 0 amide bonds. The lowest BCUT2D eigenvalue weighted by Crippen LogP contribution is -2.75. The lowest BCUT2D eigenvalue weighted by Gasteiger charge is -2.35. The molecule has 0 unspecified atom stereocenters. The van der Waals surface area contributed by atoms with Gasteiger partial charge in [-0.1, -0.05) is 121 Å². The molecule has 0 atom stereocenters. The number of rotatable bonds is 6. The summed E-state index contributed by atoms with van der Waals surface area (Å²) in [5.41, 5.74) is 6.36. The van der Waals surface area contributed by atoms with Crippen LogP contribution in [0.1, 0.15) is 16.7 Å². The largest absolute Gasteiger partial charge is 0.309 e. The second-order valence-electron chi connectivity index (χ2n) is 12.3. The van der Waals surface area contributed by atoms with Crippen LogP contribution in [0, 0.1) is 34.0 Å². The molecule has 0 aliphatic carbocycles. The third kappa shape index (κ3) is 4.80. The molecule has 4 nitrogen and oxygen atoms in total. The fourth-order valence-electron chi connectivity index (χ4n) is 7.51. The van der Waals surface area contributed by atoms with Gasteiger partial charge in [0.15, 0.2) is 8.07 Å². The number of benzene rings is 7. The van der Waals surface area contributed by atoms with Gasteiger partial charge in [0.1, 0.15) is 0 Å². The summed E-state index contributed by atoms with van der Waals surface area (Å²) in [7, 11) is -2.97. The molecule has 0 N–H and O–H groups in total. The highest BCUT2D eigenvalue weighted by Crippen LogP contribution is 2.35. The van der Waals surface area contributed by atoms with Gasteiger partial charge in [-0.3, -0.25) is 0 Å². The predicted octanol–water partition coefficient (Wildman–Crippen LogP) is 7.44. The van der Waals surface area contributed by atoms with Crippen molar-refractivity contribution in [2.24, 2.45) is 0 Å². The maximum absolute atomic E-state index is 11.1. The van der Waals surface area contributed by atoms with E-state index in [9.17, 15) is 15.8 Å². The fraction of sp³-hybridized carbons (Fsp3) is 0. The summed E-state index contributed by atoms with van der Waals surface area (Å²) in [6.07, 6.45) is 0. The molecule has 8 rings (SSSR count). The monoisotopic (exact) mass is 652 g/mol. The zero-order valence-electron chi connectivity index (χ0n) is 27.0. The van der Waals surface area contributed by atoms with Gasteiger partial charge in [0.2, 0.25) is 0 Å². The Morgan fingerprint density at radius 2 is 0.940 bits per heavy atom. The molecule has 1 aromatic heterocycles. The Balaban J connectivity index is 1.40. The van der Waals surface area contributed by atoms with Gasteiger partial charge in [-0.25, -0.2) is 0 Å². The second kappa shape index (κ2) is 12.6. The molecule has 0 saturated heterocycles. The summed E-state index contributed by atoms with van der Waals surface area (Å²) in [5.74, 6) is 0. The van der Waals surface area contributed by atoms with E-state index >= 15 is 0 Å². The molecule has 7 aromatic carbocycles. The van der Waals surface area contributed by atoms with Gasteiger partial charge in [0.25, 0.3) is 0 Å². The smallest absolute Gasteiger partial charge is 0.180 e. The molecule has 1 heterocycles. The molecular weight excluding hydrogens is 625 g/mol. The second-order valence-corrected chi connectivity index (χ2v) is 16.0. The maximum Gasteiger partial charge on any atom is 0.180 e. The Labute approximate surface area is 291 Å². The SMILES string of the molecule is N#Cc1ccc2c(c1)c1cc(C#N)ccc1n2-c1cccc(-c2cccc([Si](c3ccccc3)(c3ccccc3)c3ccccc3)c2C#N)c1. The Morgan fingerprint density at radius 3 is 1.42 bits per heavy atom. The van der Waals surface area contributed by atoms with Crippen LogP contribution < -0.4 is 20.7 Å². The van der Waals surface area contributed by atoms with E-state index in [1.54, 1.807) is 0 Å². The minimum absolute atomic E-state index is 0.561. The van der Waals surface area contributed by atoms with Crippen LogP contribution >= 0.6 is 0 Å². The first-order valence-corrected chi connectivity index (χ1v) is 18.4. The highest BCUT2D eigenvalue weighted by Gasteiger charge is 2.43. The van der Waals surface area contributed by atoms with E-state index in [1.165, 1.54) is 15.6 Å².